The lowest BCUT2D eigenvalue weighted by molar-refractivity contribution is 0.260. The third kappa shape index (κ3) is 2.11. The molecular formula is C16H21N3. The van der Waals surface area contributed by atoms with Crippen molar-refractivity contribution in [3.63, 3.8) is 0 Å². The van der Waals surface area contributed by atoms with E-state index in [4.69, 9.17) is 5.73 Å². The number of aryl methyl sites for hydroxylation is 1. The quantitative estimate of drug-likeness (QED) is 0.838. The van der Waals surface area contributed by atoms with E-state index in [0.717, 1.165) is 36.7 Å². The lowest BCUT2D eigenvalue weighted by Crippen LogP contribution is -2.38. The van der Waals surface area contributed by atoms with Gasteiger partial charge in [-0.2, -0.15) is 5.26 Å². The molecule has 0 bridgehead atoms. The summed E-state index contributed by atoms with van der Waals surface area (Å²) in [6, 6.07) is 8.66. The first-order valence-corrected chi connectivity index (χ1v) is 7.21. The van der Waals surface area contributed by atoms with Crippen molar-refractivity contribution in [2.45, 2.75) is 32.2 Å². The Balaban J connectivity index is 1.91. The van der Waals surface area contributed by atoms with Gasteiger partial charge in [-0.25, -0.2) is 0 Å². The predicted octanol–water partition coefficient (Wildman–Crippen LogP) is 2.43. The van der Waals surface area contributed by atoms with Gasteiger partial charge in [-0.1, -0.05) is 18.6 Å². The summed E-state index contributed by atoms with van der Waals surface area (Å²) in [5.41, 5.74) is 9.41. The number of rotatable bonds is 1. The fraction of sp³-hybridized carbons (Fsp3) is 0.562. The number of hydrogen-bond acceptors (Lipinski definition) is 3. The van der Waals surface area contributed by atoms with Crippen molar-refractivity contribution in [1.82, 2.24) is 0 Å². The van der Waals surface area contributed by atoms with E-state index in [1.165, 1.54) is 18.4 Å². The molecule has 0 radical (unpaired) electrons. The molecule has 100 valence electrons. The van der Waals surface area contributed by atoms with E-state index < -0.39 is 0 Å². The summed E-state index contributed by atoms with van der Waals surface area (Å²) in [5.74, 6) is 1.33. The van der Waals surface area contributed by atoms with Crippen LogP contribution in [0.15, 0.2) is 18.2 Å². The van der Waals surface area contributed by atoms with Gasteiger partial charge < -0.3 is 10.6 Å². The monoisotopic (exact) mass is 255 g/mol. The van der Waals surface area contributed by atoms with Crippen molar-refractivity contribution >= 4 is 5.69 Å². The highest BCUT2D eigenvalue weighted by atomic mass is 15.2. The molecule has 1 heterocycles. The van der Waals surface area contributed by atoms with Gasteiger partial charge in [-0.3, -0.25) is 0 Å². The smallest absolute Gasteiger partial charge is 0.101 e. The minimum atomic E-state index is 0.346. The lowest BCUT2D eigenvalue weighted by atomic mass is 9.78. The summed E-state index contributed by atoms with van der Waals surface area (Å²) >= 11 is 0. The summed E-state index contributed by atoms with van der Waals surface area (Å²) < 4.78 is 0. The van der Waals surface area contributed by atoms with Gasteiger partial charge in [-0.05, 0) is 43.2 Å². The molecule has 1 saturated carbocycles. The molecule has 19 heavy (non-hydrogen) atoms. The van der Waals surface area contributed by atoms with E-state index in [1.54, 1.807) is 0 Å². The van der Waals surface area contributed by atoms with Crippen LogP contribution in [0.4, 0.5) is 5.69 Å². The first-order chi connectivity index (χ1) is 9.20. The van der Waals surface area contributed by atoms with Gasteiger partial charge >= 0.3 is 0 Å². The Morgan fingerprint density at radius 1 is 1.32 bits per heavy atom. The lowest BCUT2D eigenvalue weighted by Gasteiger charge is -2.29. The maximum absolute atomic E-state index is 9.31. The van der Waals surface area contributed by atoms with Crippen molar-refractivity contribution < 1.29 is 0 Å². The molecule has 3 atom stereocenters. The van der Waals surface area contributed by atoms with Crippen molar-refractivity contribution in [2.24, 2.45) is 17.6 Å². The van der Waals surface area contributed by atoms with Crippen LogP contribution in [-0.4, -0.2) is 19.1 Å². The van der Waals surface area contributed by atoms with Gasteiger partial charge in [0.05, 0.1) is 11.3 Å². The van der Waals surface area contributed by atoms with Gasteiger partial charge in [0, 0.05) is 19.1 Å². The number of benzene rings is 1. The Hall–Kier alpha value is -1.53. The van der Waals surface area contributed by atoms with Crippen molar-refractivity contribution in [2.75, 3.05) is 18.0 Å². The Labute approximate surface area is 115 Å². The van der Waals surface area contributed by atoms with Crippen LogP contribution >= 0.6 is 0 Å². The van der Waals surface area contributed by atoms with Crippen LogP contribution < -0.4 is 10.6 Å². The van der Waals surface area contributed by atoms with Gasteiger partial charge in [0.1, 0.15) is 6.07 Å². The van der Waals surface area contributed by atoms with Crippen LogP contribution in [0.2, 0.25) is 0 Å². The topological polar surface area (TPSA) is 53.0 Å². The number of fused-ring (bicyclic) bond motifs is 1. The van der Waals surface area contributed by atoms with Gasteiger partial charge in [0.25, 0.3) is 0 Å². The number of anilines is 1. The first-order valence-electron chi connectivity index (χ1n) is 7.21. The molecule has 1 aromatic rings. The molecule has 1 aliphatic carbocycles. The predicted molar refractivity (Wildman–Crippen MR) is 76.9 cm³/mol. The molecular weight excluding hydrogens is 234 g/mol. The van der Waals surface area contributed by atoms with Gasteiger partial charge in [0.2, 0.25) is 0 Å². The van der Waals surface area contributed by atoms with E-state index in [0.29, 0.717) is 12.0 Å². The SMILES string of the molecule is Cc1cccc(C#N)c1N1CC2CCCC(N)C2C1. The third-order valence-electron chi connectivity index (χ3n) is 4.83. The molecule has 3 heteroatoms. The highest BCUT2D eigenvalue weighted by Crippen LogP contribution is 2.39. The Morgan fingerprint density at radius 2 is 2.16 bits per heavy atom. The number of para-hydroxylation sites is 1. The molecule has 1 saturated heterocycles. The third-order valence-corrected chi connectivity index (χ3v) is 4.83. The average molecular weight is 255 g/mol. The highest BCUT2D eigenvalue weighted by molar-refractivity contribution is 5.64. The van der Waals surface area contributed by atoms with Crippen LogP contribution in [0.5, 0.6) is 0 Å². The zero-order valence-electron chi connectivity index (χ0n) is 11.5. The molecule has 1 aromatic carbocycles. The Kier molecular flexibility index (Phi) is 3.20. The normalized spacial score (nSPS) is 29.9. The number of nitrogens with two attached hydrogens (primary N) is 1. The second kappa shape index (κ2) is 4.86. The molecule has 0 amide bonds. The van der Waals surface area contributed by atoms with Crippen LogP contribution in [0.25, 0.3) is 0 Å². The van der Waals surface area contributed by atoms with Gasteiger partial charge in [0.15, 0.2) is 0 Å². The second-order valence-electron chi connectivity index (χ2n) is 6.01. The van der Waals surface area contributed by atoms with Crippen molar-refractivity contribution in [1.29, 1.82) is 5.26 Å². The van der Waals surface area contributed by atoms with E-state index in [1.807, 2.05) is 12.1 Å². The molecule has 3 nitrogen and oxygen atoms in total. The van der Waals surface area contributed by atoms with E-state index in [2.05, 4.69) is 24.0 Å². The summed E-state index contributed by atoms with van der Waals surface area (Å²) in [7, 11) is 0. The zero-order valence-corrected chi connectivity index (χ0v) is 11.5. The highest BCUT2D eigenvalue weighted by Gasteiger charge is 2.39. The fourth-order valence-corrected chi connectivity index (χ4v) is 3.87. The summed E-state index contributed by atoms with van der Waals surface area (Å²) in [4.78, 5) is 2.40. The molecule has 1 aliphatic heterocycles. The Morgan fingerprint density at radius 3 is 2.89 bits per heavy atom. The van der Waals surface area contributed by atoms with Crippen LogP contribution in [0, 0.1) is 30.1 Å². The molecule has 0 aromatic heterocycles. The number of nitrogens with zero attached hydrogens (tertiary/aromatic N) is 2. The van der Waals surface area contributed by atoms with Gasteiger partial charge in [-0.15, -0.1) is 0 Å². The zero-order chi connectivity index (χ0) is 13.4. The maximum Gasteiger partial charge on any atom is 0.101 e. The number of hydrogen-bond donors (Lipinski definition) is 1. The molecule has 3 unspecified atom stereocenters. The van der Waals surface area contributed by atoms with E-state index in [-0.39, 0.29) is 0 Å². The maximum atomic E-state index is 9.31. The largest absolute Gasteiger partial charge is 0.370 e. The molecule has 2 aliphatic rings. The number of nitriles is 1. The first kappa shape index (κ1) is 12.5. The minimum Gasteiger partial charge on any atom is -0.370 e. The van der Waals surface area contributed by atoms with Crippen LogP contribution in [0.1, 0.15) is 30.4 Å². The van der Waals surface area contributed by atoms with Crippen LogP contribution in [0.3, 0.4) is 0 Å². The molecule has 0 spiro atoms. The molecule has 2 fully saturated rings. The minimum absolute atomic E-state index is 0.346. The molecule has 3 rings (SSSR count). The fourth-order valence-electron chi connectivity index (χ4n) is 3.87. The van der Waals surface area contributed by atoms with Crippen LogP contribution in [-0.2, 0) is 0 Å². The summed E-state index contributed by atoms with van der Waals surface area (Å²) in [6.45, 7) is 4.18. The Bertz CT molecular complexity index is 517. The summed E-state index contributed by atoms with van der Waals surface area (Å²) in [6.07, 6.45) is 3.71. The van der Waals surface area contributed by atoms with Crippen molar-refractivity contribution in [3.8, 4) is 6.07 Å². The standard InChI is InChI=1S/C16H21N3/c1-11-4-2-5-12(8-17)16(11)19-9-13-6-3-7-15(18)14(13)10-19/h2,4-5,13-15H,3,6-7,9-10,18H2,1H3. The molecule has 2 N–H and O–H groups in total. The van der Waals surface area contributed by atoms with E-state index >= 15 is 0 Å². The average Bonchev–Trinajstić information content (AvgIpc) is 2.83. The van der Waals surface area contributed by atoms with E-state index in [9.17, 15) is 5.26 Å². The second-order valence-corrected chi connectivity index (χ2v) is 6.01. The van der Waals surface area contributed by atoms with Crippen molar-refractivity contribution in [3.05, 3.63) is 29.3 Å². The summed E-state index contributed by atoms with van der Waals surface area (Å²) in [5, 5.41) is 9.31.